The van der Waals surface area contributed by atoms with Gasteiger partial charge in [-0.05, 0) is 30.7 Å². The number of hydrogen-bond donors (Lipinski definition) is 1. The van der Waals surface area contributed by atoms with Crippen LogP contribution in [0.4, 0.5) is 13.2 Å². The summed E-state index contributed by atoms with van der Waals surface area (Å²) in [6.07, 6.45) is -2.74. The zero-order valence-electron chi connectivity index (χ0n) is 11.1. The molecule has 0 atom stereocenters. The van der Waals surface area contributed by atoms with E-state index in [1.807, 2.05) is 0 Å². The molecule has 0 amide bonds. The van der Waals surface area contributed by atoms with Crippen molar-refractivity contribution in [3.63, 3.8) is 0 Å². The van der Waals surface area contributed by atoms with Crippen molar-refractivity contribution in [2.45, 2.75) is 19.5 Å². The summed E-state index contributed by atoms with van der Waals surface area (Å²) in [7, 11) is 0. The lowest BCUT2D eigenvalue weighted by atomic mass is 10.0. The number of benzene rings is 1. The Bertz CT molecular complexity index is 562. The van der Waals surface area contributed by atoms with Crippen LogP contribution in [-0.2, 0) is 11.0 Å². The van der Waals surface area contributed by atoms with Crippen LogP contribution in [0.25, 0.3) is 0 Å². The average molecular weight is 302 g/mol. The molecule has 0 bridgehead atoms. The molecule has 1 N–H and O–H groups in total. The predicted octanol–water partition coefficient (Wildman–Crippen LogP) is 3.32. The first-order valence-electron chi connectivity index (χ1n) is 6.05. The zero-order valence-corrected chi connectivity index (χ0v) is 11.1. The Morgan fingerprint density at radius 3 is 2.48 bits per heavy atom. The van der Waals surface area contributed by atoms with Crippen molar-refractivity contribution >= 4 is 11.8 Å². The van der Waals surface area contributed by atoms with Gasteiger partial charge in [0.15, 0.2) is 5.78 Å². The predicted molar refractivity (Wildman–Crippen MR) is 68.3 cm³/mol. The van der Waals surface area contributed by atoms with Gasteiger partial charge in [-0.2, -0.15) is 13.2 Å². The summed E-state index contributed by atoms with van der Waals surface area (Å²) in [5.41, 5.74) is -1.32. The molecule has 0 unspecified atom stereocenters. The van der Waals surface area contributed by atoms with E-state index in [0.717, 1.165) is 12.1 Å². The summed E-state index contributed by atoms with van der Waals surface area (Å²) in [5, 5.41) is 8.45. The lowest BCUT2D eigenvalue weighted by Gasteiger charge is -2.12. The van der Waals surface area contributed by atoms with Gasteiger partial charge in [-0.15, -0.1) is 0 Å². The third-order valence-corrected chi connectivity index (χ3v) is 2.41. The Labute approximate surface area is 118 Å². The van der Waals surface area contributed by atoms with Crippen LogP contribution in [0.3, 0.4) is 0 Å². The van der Waals surface area contributed by atoms with E-state index in [9.17, 15) is 22.8 Å². The third kappa shape index (κ3) is 4.94. The Kier molecular flexibility index (Phi) is 5.52. The number of carbonyl (C=O) groups excluding carboxylic acids is 1. The van der Waals surface area contributed by atoms with Crippen molar-refractivity contribution in [2.75, 3.05) is 6.61 Å². The first-order valence-corrected chi connectivity index (χ1v) is 6.05. The first kappa shape index (κ1) is 16.7. The lowest BCUT2D eigenvalue weighted by Crippen LogP contribution is -2.09. The van der Waals surface area contributed by atoms with Crippen LogP contribution in [0.1, 0.15) is 29.3 Å². The van der Waals surface area contributed by atoms with Gasteiger partial charge in [0, 0.05) is 6.08 Å². The zero-order chi connectivity index (χ0) is 16.0. The van der Waals surface area contributed by atoms with Crippen molar-refractivity contribution < 1.29 is 32.6 Å². The van der Waals surface area contributed by atoms with Crippen LogP contribution >= 0.6 is 0 Å². The quantitative estimate of drug-likeness (QED) is 0.647. The highest BCUT2D eigenvalue weighted by atomic mass is 19.4. The molecule has 1 aromatic rings. The van der Waals surface area contributed by atoms with Crippen molar-refractivity contribution in [3.8, 4) is 5.75 Å². The molecule has 0 radical (unpaired) electrons. The fraction of sp³-hybridized carbons (Fsp3) is 0.286. The minimum Gasteiger partial charge on any atom is -0.493 e. The molecule has 0 aliphatic rings. The Morgan fingerprint density at radius 2 is 1.95 bits per heavy atom. The van der Waals surface area contributed by atoms with Gasteiger partial charge < -0.3 is 9.84 Å². The second-order valence-electron chi connectivity index (χ2n) is 4.09. The van der Waals surface area contributed by atoms with E-state index in [2.05, 4.69) is 0 Å². The minimum atomic E-state index is -4.60. The Hall–Kier alpha value is -2.31. The van der Waals surface area contributed by atoms with Gasteiger partial charge in [-0.3, -0.25) is 4.79 Å². The maximum atomic E-state index is 12.7. The fourth-order valence-corrected chi connectivity index (χ4v) is 1.47. The molecular weight excluding hydrogens is 289 g/mol. The Morgan fingerprint density at radius 1 is 1.29 bits per heavy atom. The van der Waals surface area contributed by atoms with Gasteiger partial charge in [0.05, 0.1) is 17.7 Å². The average Bonchev–Trinajstić information content (AvgIpc) is 2.41. The molecule has 0 saturated carbocycles. The molecule has 1 rings (SSSR count). The molecule has 0 aliphatic carbocycles. The maximum Gasteiger partial charge on any atom is 0.416 e. The maximum absolute atomic E-state index is 12.7. The fourth-order valence-electron chi connectivity index (χ4n) is 1.47. The number of rotatable bonds is 6. The van der Waals surface area contributed by atoms with Gasteiger partial charge >= 0.3 is 12.1 Å². The lowest BCUT2D eigenvalue weighted by molar-refractivity contribution is -0.137. The van der Waals surface area contributed by atoms with Crippen LogP contribution in [0.15, 0.2) is 30.4 Å². The normalized spacial score (nSPS) is 11.6. The van der Waals surface area contributed by atoms with Gasteiger partial charge in [0.25, 0.3) is 0 Å². The van der Waals surface area contributed by atoms with Crippen LogP contribution in [0.2, 0.25) is 0 Å². The number of ketones is 1. The van der Waals surface area contributed by atoms with Crippen molar-refractivity contribution in [3.05, 3.63) is 41.5 Å². The summed E-state index contributed by atoms with van der Waals surface area (Å²) < 4.78 is 43.2. The minimum absolute atomic E-state index is 0.00936. The molecule has 0 saturated heterocycles. The third-order valence-electron chi connectivity index (χ3n) is 2.41. The number of ether oxygens (including phenoxy) is 1. The highest BCUT2D eigenvalue weighted by Crippen LogP contribution is 2.33. The molecule has 0 aliphatic heterocycles. The van der Waals surface area contributed by atoms with E-state index in [1.165, 1.54) is 0 Å². The summed E-state index contributed by atoms with van der Waals surface area (Å²) in [6, 6.07) is 2.52. The van der Waals surface area contributed by atoms with E-state index < -0.39 is 23.5 Å². The second kappa shape index (κ2) is 6.92. The standard InChI is InChI=1S/C14H13F3O4/c1-2-7-21-12-5-3-9(14(15,16)17)8-10(12)11(18)4-6-13(19)20/h3-6,8H,2,7H2,1H3,(H,19,20)/b6-4+. The molecule has 21 heavy (non-hydrogen) atoms. The van der Waals surface area contributed by atoms with Crippen molar-refractivity contribution in [2.24, 2.45) is 0 Å². The highest BCUT2D eigenvalue weighted by molar-refractivity contribution is 6.08. The first-order chi connectivity index (χ1) is 9.75. The number of aliphatic carboxylic acids is 1. The van der Waals surface area contributed by atoms with Crippen molar-refractivity contribution in [1.82, 2.24) is 0 Å². The monoisotopic (exact) mass is 302 g/mol. The summed E-state index contributed by atoms with van der Waals surface area (Å²) in [6.45, 7) is 2.03. The van der Waals surface area contributed by atoms with Gasteiger partial charge in [-0.25, -0.2) is 4.79 Å². The second-order valence-corrected chi connectivity index (χ2v) is 4.09. The van der Waals surface area contributed by atoms with Crippen LogP contribution in [-0.4, -0.2) is 23.5 Å². The van der Waals surface area contributed by atoms with Crippen LogP contribution < -0.4 is 4.74 Å². The van der Waals surface area contributed by atoms with E-state index in [4.69, 9.17) is 9.84 Å². The molecular formula is C14H13F3O4. The number of carbonyl (C=O) groups is 2. The summed E-state index contributed by atoms with van der Waals surface area (Å²) in [4.78, 5) is 22.2. The number of carboxylic acids is 1. The SMILES string of the molecule is CCCOc1ccc(C(F)(F)F)cc1C(=O)/C=C/C(=O)O. The highest BCUT2D eigenvalue weighted by Gasteiger charge is 2.31. The topological polar surface area (TPSA) is 63.6 Å². The van der Waals surface area contributed by atoms with E-state index in [0.29, 0.717) is 24.6 Å². The van der Waals surface area contributed by atoms with Gasteiger partial charge in [0.2, 0.25) is 0 Å². The number of hydrogen-bond acceptors (Lipinski definition) is 3. The molecule has 0 heterocycles. The largest absolute Gasteiger partial charge is 0.493 e. The molecule has 0 spiro atoms. The number of alkyl halides is 3. The van der Waals surface area contributed by atoms with Gasteiger partial charge in [-0.1, -0.05) is 6.92 Å². The summed E-state index contributed by atoms with van der Waals surface area (Å²) in [5.74, 6) is -2.24. The van der Waals surface area contributed by atoms with E-state index in [-0.39, 0.29) is 17.9 Å². The molecule has 7 heteroatoms. The molecule has 0 aromatic heterocycles. The van der Waals surface area contributed by atoms with Crippen LogP contribution in [0, 0.1) is 0 Å². The smallest absolute Gasteiger partial charge is 0.416 e. The van der Waals surface area contributed by atoms with E-state index >= 15 is 0 Å². The van der Waals surface area contributed by atoms with Crippen LogP contribution in [0.5, 0.6) is 5.75 Å². The number of halogens is 3. The molecule has 1 aromatic carbocycles. The summed E-state index contributed by atoms with van der Waals surface area (Å²) >= 11 is 0. The van der Waals surface area contributed by atoms with Crippen molar-refractivity contribution in [1.29, 1.82) is 0 Å². The number of carboxylic acid groups (broad SMARTS) is 1. The van der Waals surface area contributed by atoms with Gasteiger partial charge in [0.1, 0.15) is 5.75 Å². The van der Waals surface area contributed by atoms with E-state index in [1.54, 1.807) is 6.92 Å². The molecule has 114 valence electrons. The molecule has 0 fully saturated rings. The number of allylic oxidation sites excluding steroid dienone is 1. The Balaban J connectivity index is 3.21. The molecule has 4 nitrogen and oxygen atoms in total.